The molecule has 0 unspecified atom stereocenters. The number of methoxy groups -OCH3 is 1. The third-order valence-corrected chi connectivity index (χ3v) is 11.3. The van der Waals surface area contributed by atoms with Crippen LogP contribution in [0, 0.1) is 23.2 Å². The summed E-state index contributed by atoms with van der Waals surface area (Å²) in [5, 5.41) is 12.2. The van der Waals surface area contributed by atoms with E-state index in [4.69, 9.17) is 14.2 Å². The van der Waals surface area contributed by atoms with Gasteiger partial charge in [-0.1, -0.05) is 24.6 Å². The fourth-order valence-electron chi connectivity index (χ4n) is 9.66. The molecule has 0 aromatic heterocycles. The summed E-state index contributed by atoms with van der Waals surface area (Å²) in [6.45, 7) is 3.83. The highest BCUT2D eigenvalue weighted by molar-refractivity contribution is 5.50. The van der Waals surface area contributed by atoms with Crippen LogP contribution in [0.4, 0.5) is 5.69 Å². The molecule has 1 aliphatic heterocycles. The van der Waals surface area contributed by atoms with Gasteiger partial charge in [-0.2, -0.15) is 0 Å². The van der Waals surface area contributed by atoms with Crippen molar-refractivity contribution in [2.45, 2.75) is 81.2 Å². The van der Waals surface area contributed by atoms with E-state index in [1.54, 1.807) is 5.57 Å². The minimum Gasteiger partial charge on any atom is -0.385 e. The molecule has 4 saturated carbocycles. The fraction of sp³-hybridized carbons (Fsp3) is 0.733. The normalized spacial score (nSPS) is 45.1. The summed E-state index contributed by atoms with van der Waals surface area (Å²) in [5.74, 6) is 1.67. The van der Waals surface area contributed by atoms with E-state index in [9.17, 15) is 5.11 Å². The summed E-state index contributed by atoms with van der Waals surface area (Å²) in [4.78, 5) is 2.17. The van der Waals surface area contributed by atoms with Crippen molar-refractivity contribution in [3.8, 4) is 0 Å². The van der Waals surface area contributed by atoms with Crippen LogP contribution in [0.2, 0.25) is 0 Å². The second kappa shape index (κ2) is 7.34. The molecule has 0 bridgehead atoms. The van der Waals surface area contributed by atoms with Crippen LogP contribution >= 0.6 is 0 Å². The maximum atomic E-state index is 12.2. The molecule has 35 heavy (non-hydrogen) atoms. The molecular formula is C30H41NO4. The molecule has 7 rings (SSSR count). The highest BCUT2D eigenvalue weighted by Crippen LogP contribution is 2.77. The van der Waals surface area contributed by atoms with Gasteiger partial charge >= 0.3 is 0 Å². The number of nitrogens with zero attached hydrogens (tertiary/aromatic N) is 1. The third-order valence-electron chi connectivity index (χ3n) is 11.3. The second-order valence-electron chi connectivity index (χ2n) is 12.9. The predicted molar refractivity (Wildman–Crippen MR) is 135 cm³/mol. The van der Waals surface area contributed by atoms with Crippen molar-refractivity contribution in [3.63, 3.8) is 0 Å². The molecule has 1 aromatic rings. The van der Waals surface area contributed by atoms with Crippen molar-refractivity contribution in [2.24, 2.45) is 23.2 Å². The van der Waals surface area contributed by atoms with E-state index in [0.29, 0.717) is 43.3 Å². The molecule has 6 aliphatic rings. The van der Waals surface area contributed by atoms with Crippen LogP contribution in [0.5, 0.6) is 0 Å². The van der Waals surface area contributed by atoms with Crippen molar-refractivity contribution in [1.29, 1.82) is 0 Å². The molecule has 190 valence electrons. The molecule has 5 heteroatoms. The average molecular weight is 480 g/mol. The number of allylic oxidation sites excluding steroid dienone is 1. The maximum Gasteiger partial charge on any atom is 0.171 e. The molecule has 5 aliphatic carbocycles. The van der Waals surface area contributed by atoms with Gasteiger partial charge in [-0.15, -0.1) is 0 Å². The monoisotopic (exact) mass is 479 g/mol. The first kappa shape index (κ1) is 22.8. The Kier molecular flexibility index (Phi) is 4.77. The van der Waals surface area contributed by atoms with Crippen LogP contribution < -0.4 is 4.90 Å². The smallest absolute Gasteiger partial charge is 0.171 e. The van der Waals surface area contributed by atoms with Gasteiger partial charge in [0.05, 0.1) is 24.4 Å². The number of hydrogen-bond donors (Lipinski definition) is 1. The van der Waals surface area contributed by atoms with Gasteiger partial charge in [-0.25, -0.2) is 0 Å². The second-order valence-corrected chi connectivity index (χ2v) is 12.9. The molecule has 1 N–H and O–H groups in total. The SMILES string of the molecule is CO[C@@]12C[C@@H]1C[C@H]1[C@@H]3CC[C@@]4(O)CC5(CCC4=C3[C@@H](c3ccc(N(C)C)cc3)C[C@@]12C)OCCO5. The highest BCUT2D eigenvalue weighted by atomic mass is 16.7. The van der Waals surface area contributed by atoms with Gasteiger partial charge in [0, 0.05) is 51.1 Å². The lowest BCUT2D eigenvalue weighted by Gasteiger charge is -2.57. The number of benzene rings is 1. The summed E-state index contributed by atoms with van der Waals surface area (Å²) in [6, 6.07) is 9.20. The van der Waals surface area contributed by atoms with E-state index in [0.717, 1.165) is 32.1 Å². The van der Waals surface area contributed by atoms with Gasteiger partial charge in [0.2, 0.25) is 0 Å². The summed E-state index contributed by atoms with van der Waals surface area (Å²) < 4.78 is 18.5. The molecule has 1 saturated heterocycles. The molecule has 5 nitrogen and oxygen atoms in total. The van der Waals surface area contributed by atoms with Crippen LogP contribution in [0.15, 0.2) is 35.4 Å². The van der Waals surface area contributed by atoms with Crippen LogP contribution in [-0.2, 0) is 14.2 Å². The Hall–Kier alpha value is -1.40. The predicted octanol–water partition coefficient (Wildman–Crippen LogP) is 5.04. The molecular weight excluding hydrogens is 438 g/mol. The zero-order chi connectivity index (χ0) is 24.2. The quantitative estimate of drug-likeness (QED) is 0.616. The number of ether oxygens (including phenoxy) is 3. The van der Waals surface area contributed by atoms with E-state index in [-0.39, 0.29) is 11.0 Å². The minimum absolute atomic E-state index is 0.0611. The van der Waals surface area contributed by atoms with Gasteiger partial charge in [0.25, 0.3) is 0 Å². The molecule has 1 aromatic carbocycles. The largest absolute Gasteiger partial charge is 0.385 e. The molecule has 1 spiro atoms. The van der Waals surface area contributed by atoms with Gasteiger partial charge in [0.15, 0.2) is 5.79 Å². The lowest BCUT2D eigenvalue weighted by atomic mass is 9.50. The van der Waals surface area contributed by atoms with E-state index >= 15 is 0 Å². The topological polar surface area (TPSA) is 51.2 Å². The van der Waals surface area contributed by atoms with Crippen LogP contribution in [0.3, 0.4) is 0 Å². The summed E-state index contributed by atoms with van der Waals surface area (Å²) >= 11 is 0. The first-order valence-corrected chi connectivity index (χ1v) is 13.8. The minimum atomic E-state index is -0.801. The standard InChI is InChI=1S/C30H41NO4/c1-27-17-23(19-5-7-21(8-6-19)31(2)3)26-22(25(27)15-20-16-30(20,27)33-4)9-11-28(32)18-29(12-10-24(26)28)34-13-14-35-29/h5-8,20,22-23,25,32H,9-18H2,1-4H3/t20-,22-,23+,25-,27-,28+,30-/m0/s1. The molecule has 5 fully saturated rings. The van der Waals surface area contributed by atoms with Crippen molar-refractivity contribution >= 4 is 5.69 Å². The van der Waals surface area contributed by atoms with E-state index in [1.165, 1.54) is 29.7 Å². The van der Waals surface area contributed by atoms with Crippen LogP contribution in [0.25, 0.3) is 0 Å². The number of fused-ring (bicyclic) bond motifs is 6. The van der Waals surface area contributed by atoms with Crippen molar-refractivity contribution in [2.75, 3.05) is 39.3 Å². The van der Waals surface area contributed by atoms with E-state index in [1.807, 2.05) is 7.11 Å². The first-order valence-electron chi connectivity index (χ1n) is 13.8. The Labute approximate surface area is 209 Å². The fourth-order valence-corrected chi connectivity index (χ4v) is 9.66. The van der Waals surface area contributed by atoms with Crippen molar-refractivity contribution in [3.05, 3.63) is 41.0 Å². The Balaban J connectivity index is 1.35. The number of aliphatic hydroxyl groups is 1. The lowest BCUT2D eigenvalue weighted by molar-refractivity contribution is -0.208. The molecule has 0 radical (unpaired) electrons. The third kappa shape index (κ3) is 2.96. The van der Waals surface area contributed by atoms with E-state index < -0.39 is 11.4 Å². The molecule has 7 atom stereocenters. The molecule has 0 amide bonds. The van der Waals surface area contributed by atoms with Crippen molar-refractivity contribution in [1.82, 2.24) is 0 Å². The van der Waals surface area contributed by atoms with Gasteiger partial charge in [0.1, 0.15) is 0 Å². The van der Waals surface area contributed by atoms with Crippen LogP contribution in [-0.4, -0.2) is 56.5 Å². The Bertz CT molecular complexity index is 1050. The zero-order valence-electron chi connectivity index (χ0n) is 21.8. The van der Waals surface area contributed by atoms with Crippen LogP contribution in [0.1, 0.15) is 69.8 Å². The van der Waals surface area contributed by atoms with Gasteiger partial charge in [-0.05, 0) is 79.5 Å². The number of rotatable bonds is 3. The van der Waals surface area contributed by atoms with Crippen molar-refractivity contribution < 1.29 is 19.3 Å². The molecule has 1 heterocycles. The summed E-state index contributed by atoms with van der Waals surface area (Å²) in [7, 11) is 6.15. The van der Waals surface area contributed by atoms with Gasteiger partial charge < -0.3 is 24.2 Å². The lowest BCUT2D eigenvalue weighted by Crippen LogP contribution is -2.54. The Morgan fingerprint density at radius 2 is 1.80 bits per heavy atom. The number of hydrogen-bond acceptors (Lipinski definition) is 5. The highest BCUT2D eigenvalue weighted by Gasteiger charge is 2.76. The Morgan fingerprint density at radius 1 is 1.06 bits per heavy atom. The Morgan fingerprint density at radius 3 is 2.49 bits per heavy atom. The maximum absolute atomic E-state index is 12.2. The average Bonchev–Trinajstić information content (AvgIpc) is 3.31. The zero-order valence-corrected chi connectivity index (χ0v) is 21.8. The first-order chi connectivity index (χ1) is 16.7. The van der Waals surface area contributed by atoms with Gasteiger partial charge in [-0.3, -0.25) is 0 Å². The number of anilines is 1. The summed E-state index contributed by atoms with van der Waals surface area (Å²) in [6.07, 6.45) is 7.85. The summed E-state index contributed by atoms with van der Waals surface area (Å²) in [5.41, 5.74) is 4.98. The van der Waals surface area contributed by atoms with E-state index in [2.05, 4.69) is 50.2 Å².